The summed E-state index contributed by atoms with van der Waals surface area (Å²) in [5, 5.41) is 1.35. The van der Waals surface area contributed by atoms with Gasteiger partial charge in [0.2, 0.25) is 0 Å². The second-order valence-electron chi connectivity index (χ2n) is 5.97. The zero-order valence-corrected chi connectivity index (χ0v) is 16.1. The Morgan fingerprint density at radius 3 is 2.76 bits per heavy atom. The van der Waals surface area contributed by atoms with Crippen LogP contribution in [0.15, 0.2) is 29.3 Å². The van der Waals surface area contributed by atoms with Gasteiger partial charge in [-0.3, -0.25) is 9.79 Å². The minimum Gasteiger partial charge on any atom is -0.465 e. The number of nitrogens with zero attached hydrogens (tertiary/aromatic N) is 2. The molecule has 136 valence electrons. The number of hydrogen-bond donors (Lipinski definition) is 0. The highest BCUT2D eigenvalue weighted by atomic mass is 35.5. The van der Waals surface area contributed by atoms with Crippen LogP contribution in [0.3, 0.4) is 0 Å². The van der Waals surface area contributed by atoms with E-state index in [1.807, 2.05) is 17.0 Å². The predicted octanol–water partition coefficient (Wildman–Crippen LogP) is 1.97. The van der Waals surface area contributed by atoms with E-state index in [0.717, 1.165) is 5.56 Å². The number of esters is 1. The lowest BCUT2D eigenvalue weighted by Gasteiger charge is -2.26. The lowest BCUT2D eigenvalue weighted by Crippen LogP contribution is -2.38. The van der Waals surface area contributed by atoms with E-state index in [4.69, 9.17) is 16.3 Å². The van der Waals surface area contributed by atoms with Gasteiger partial charge in [0.05, 0.1) is 35.9 Å². The van der Waals surface area contributed by atoms with Gasteiger partial charge in [-0.1, -0.05) is 35.5 Å². The third kappa shape index (κ3) is 4.48. The van der Waals surface area contributed by atoms with Gasteiger partial charge in [-0.05, 0) is 24.6 Å². The molecule has 25 heavy (non-hydrogen) atoms. The van der Waals surface area contributed by atoms with E-state index in [1.165, 1.54) is 11.8 Å². The van der Waals surface area contributed by atoms with Crippen molar-refractivity contribution in [3.8, 4) is 0 Å². The van der Waals surface area contributed by atoms with Crippen molar-refractivity contribution in [2.24, 2.45) is 4.99 Å². The summed E-state index contributed by atoms with van der Waals surface area (Å²) in [7, 11) is -3.07. The molecule has 0 amide bonds. The van der Waals surface area contributed by atoms with E-state index in [2.05, 4.69) is 4.99 Å². The summed E-state index contributed by atoms with van der Waals surface area (Å²) in [4.78, 5) is 18.2. The number of carbonyl (C=O) groups is 1. The number of thioether (sulfide) groups is 1. The molecule has 0 aromatic heterocycles. The molecule has 2 aliphatic rings. The molecule has 2 heterocycles. The van der Waals surface area contributed by atoms with Gasteiger partial charge in [0.15, 0.2) is 15.0 Å². The fourth-order valence-electron chi connectivity index (χ4n) is 3.01. The number of amidine groups is 1. The summed E-state index contributed by atoms with van der Waals surface area (Å²) in [6, 6.07) is 6.99. The predicted molar refractivity (Wildman–Crippen MR) is 99.8 cm³/mol. The van der Waals surface area contributed by atoms with E-state index in [-0.39, 0.29) is 35.3 Å². The first-order chi connectivity index (χ1) is 11.9. The van der Waals surface area contributed by atoms with Gasteiger partial charge in [-0.25, -0.2) is 8.42 Å². The number of sulfone groups is 1. The molecule has 2 aliphatic heterocycles. The molecule has 6 nitrogen and oxygen atoms in total. The molecule has 3 rings (SSSR count). The topological polar surface area (TPSA) is 76.0 Å². The second kappa shape index (κ2) is 7.55. The molecular formula is C16H19ClN2O4S2. The van der Waals surface area contributed by atoms with E-state index in [9.17, 15) is 13.2 Å². The van der Waals surface area contributed by atoms with Gasteiger partial charge in [-0.15, -0.1) is 0 Å². The summed E-state index contributed by atoms with van der Waals surface area (Å²) in [5.41, 5.74) is 1.01. The summed E-state index contributed by atoms with van der Waals surface area (Å²) < 4.78 is 28.9. The number of fused-ring (bicyclic) bond motifs is 1. The van der Waals surface area contributed by atoms with Crippen molar-refractivity contribution in [3.63, 3.8) is 0 Å². The number of benzene rings is 1. The van der Waals surface area contributed by atoms with E-state index >= 15 is 0 Å². The molecule has 1 aromatic carbocycles. The first-order valence-corrected chi connectivity index (χ1v) is 11.1. The Kier molecular flexibility index (Phi) is 5.60. The van der Waals surface area contributed by atoms with Gasteiger partial charge in [0, 0.05) is 11.6 Å². The van der Waals surface area contributed by atoms with E-state index in [1.54, 1.807) is 19.1 Å². The van der Waals surface area contributed by atoms with Crippen LogP contribution < -0.4 is 0 Å². The zero-order valence-electron chi connectivity index (χ0n) is 13.7. The van der Waals surface area contributed by atoms with Crippen LogP contribution >= 0.6 is 23.4 Å². The minimum atomic E-state index is -3.07. The van der Waals surface area contributed by atoms with E-state index < -0.39 is 9.84 Å². The van der Waals surface area contributed by atoms with Crippen molar-refractivity contribution in [2.75, 3.05) is 23.9 Å². The first-order valence-electron chi connectivity index (χ1n) is 7.95. The maximum atomic E-state index is 12.0. The Balaban J connectivity index is 1.76. The molecule has 0 aliphatic carbocycles. The third-order valence-corrected chi connectivity index (χ3v) is 7.04. The normalized spacial score (nSPS) is 24.1. The highest BCUT2D eigenvalue weighted by Crippen LogP contribution is 2.32. The molecule has 9 heteroatoms. The van der Waals surface area contributed by atoms with Crippen LogP contribution in [0.5, 0.6) is 0 Å². The van der Waals surface area contributed by atoms with Crippen molar-refractivity contribution in [1.29, 1.82) is 0 Å². The third-order valence-electron chi connectivity index (χ3n) is 4.11. The average Bonchev–Trinajstić information content (AvgIpc) is 3.00. The van der Waals surface area contributed by atoms with Crippen LogP contribution in [-0.4, -0.2) is 60.4 Å². The van der Waals surface area contributed by atoms with Crippen LogP contribution in [0.1, 0.15) is 12.5 Å². The molecule has 2 atom stereocenters. The summed E-state index contributed by atoms with van der Waals surface area (Å²) in [6.45, 7) is 2.63. The van der Waals surface area contributed by atoms with Crippen LogP contribution in [-0.2, 0) is 25.9 Å². The number of halogens is 1. The van der Waals surface area contributed by atoms with Crippen LogP contribution in [0.2, 0.25) is 5.02 Å². The summed E-state index contributed by atoms with van der Waals surface area (Å²) >= 11 is 7.23. The Morgan fingerprint density at radius 1 is 1.36 bits per heavy atom. The lowest BCUT2D eigenvalue weighted by atomic mass is 10.1. The Morgan fingerprint density at radius 2 is 2.08 bits per heavy atom. The van der Waals surface area contributed by atoms with Crippen molar-refractivity contribution >= 4 is 44.3 Å². The monoisotopic (exact) mass is 402 g/mol. The molecule has 1 saturated heterocycles. The SMILES string of the molecule is CCOC(=O)CSC1=NC2CS(=O)(=O)CC2N1Cc1ccc(Cl)cc1. The number of hydrogen-bond acceptors (Lipinski definition) is 7. The smallest absolute Gasteiger partial charge is 0.316 e. The highest BCUT2D eigenvalue weighted by molar-refractivity contribution is 8.14. The first kappa shape index (κ1) is 18.5. The zero-order chi connectivity index (χ0) is 18.0. The number of rotatable bonds is 5. The van der Waals surface area contributed by atoms with Crippen LogP contribution in [0.4, 0.5) is 0 Å². The average molecular weight is 403 g/mol. The standard InChI is InChI=1S/C16H19ClN2O4S2/c1-2-23-15(20)8-24-16-18-13-9-25(21,22)10-14(13)19(16)7-11-3-5-12(17)6-4-11/h3-6,13-14H,2,7-10H2,1H3. The molecular weight excluding hydrogens is 384 g/mol. The fourth-order valence-corrected chi connectivity index (χ4v) is 5.91. The van der Waals surface area contributed by atoms with Gasteiger partial charge in [0.25, 0.3) is 0 Å². The minimum absolute atomic E-state index is 0.0677. The maximum Gasteiger partial charge on any atom is 0.316 e. The van der Waals surface area contributed by atoms with Crippen molar-refractivity contribution < 1.29 is 17.9 Å². The highest BCUT2D eigenvalue weighted by Gasteiger charge is 2.46. The molecule has 1 fully saturated rings. The molecule has 0 radical (unpaired) electrons. The largest absolute Gasteiger partial charge is 0.465 e. The lowest BCUT2D eigenvalue weighted by molar-refractivity contribution is -0.139. The van der Waals surface area contributed by atoms with Gasteiger partial charge in [-0.2, -0.15) is 0 Å². The maximum absolute atomic E-state index is 12.0. The van der Waals surface area contributed by atoms with E-state index in [0.29, 0.717) is 23.3 Å². The molecule has 0 saturated carbocycles. The summed E-state index contributed by atoms with van der Waals surface area (Å²) in [5.74, 6) is 0.0261. The Hall–Kier alpha value is -1.25. The second-order valence-corrected chi connectivity index (χ2v) is 9.50. The van der Waals surface area contributed by atoms with Crippen LogP contribution in [0, 0.1) is 0 Å². The van der Waals surface area contributed by atoms with Crippen LogP contribution in [0.25, 0.3) is 0 Å². The van der Waals surface area contributed by atoms with Crippen molar-refractivity contribution in [1.82, 2.24) is 4.90 Å². The summed E-state index contributed by atoms with van der Waals surface area (Å²) in [6.07, 6.45) is 0. The Bertz CT molecular complexity index is 780. The van der Waals surface area contributed by atoms with Gasteiger partial charge < -0.3 is 9.64 Å². The molecule has 1 aromatic rings. The quantitative estimate of drug-likeness (QED) is 0.701. The van der Waals surface area contributed by atoms with Gasteiger partial charge in [0.1, 0.15) is 0 Å². The molecule has 0 bridgehead atoms. The fraction of sp³-hybridized carbons (Fsp3) is 0.500. The molecule has 0 spiro atoms. The van der Waals surface area contributed by atoms with Gasteiger partial charge >= 0.3 is 5.97 Å². The number of ether oxygens (including phenoxy) is 1. The van der Waals surface area contributed by atoms with Crippen molar-refractivity contribution in [2.45, 2.75) is 25.6 Å². The molecule has 0 N–H and O–H groups in total. The van der Waals surface area contributed by atoms with Crippen molar-refractivity contribution in [3.05, 3.63) is 34.9 Å². The number of aliphatic imine (C=N–C) groups is 1. The number of carbonyl (C=O) groups excluding carboxylic acids is 1. The molecule has 2 unspecified atom stereocenters. The Labute approximate surface area is 156 Å².